The highest BCUT2D eigenvalue weighted by molar-refractivity contribution is 9.12. The first-order valence-electron chi connectivity index (χ1n) is 5.77. The van der Waals surface area contributed by atoms with Gasteiger partial charge in [-0.1, -0.05) is 30.3 Å². The predicted molar refractivity (Wildman–Crippen MR) is 86.7 cm³/mol. The lowest BCUT2D eigenvalue weighted by Gasteiger charge is -2.25. The molecule has 0 saturated heterocycles. The van der Waals surface area contributed by atoms with Crippen molar-refractivity contribution in [3.8, 4) is 0 Å². The molecule has 100 valence electrons. The van der Waals surface area contributed by atoms with Gasteiger partial charge < -0.3 is 4.90 Å². The molecular weight excluding hydrogens is 390 g/mol. The maximum absolute atomic E-state index is 12.5. The Morgan fingerprint density at radius 2 is 1.89 bits per heavy atom. The molecule has 0 saturated carbocycles. The Bertz CT molecular complexity index is 582. The SMILES string of the molecule is CC(c1ccccc1)N(C)C(=O)c1cc(Br)sc1Br. The van der Waals surface area contributed by atoms with Crippen molar-refractivity contribution >= 4 is 49.1 Å². The van der Waals surface area contributed by atoms with E-state index in [0.29, 0.717) is 5.56 Å². The van der Waals surface area contributed by atoms with Crippen LogP contribution in [0.25, 0.3) is 0 Å². The number of benzene rings is 1. The Hall–Kier alpha value is -0.650. The molecule has 1 aromatic carbocycles. The van der Waals surface area contributed by atoms with Crippen LogP contribution in [0.4, 0.5) is 0 Å². The van der Waals surface area contributed by atoms with Gasteiger partial charge in [-0.05, 0) is 50.4 Å². The Morgan fingerprint density at radius 1 is 1.26 bits per heavy atom. The number of hydrogen-bond acceptors (Lipinski definition) is 2. The third-order valence-electron chi connectivity index (χ3n) is 3.07. The molecule has 1 unspecified atom stereocenters. The van der Waals surface area contributed by atoms with Crippen LogP contribution < -0.4 is 0 Å². The molecular formula is C14H13Br2NOS. The molecule has 5 heteroatoms. The van der Waals surface area contributed by atoms with Crippen molar-refractivity contribution in [2.24, 2.45) is 0 Å². The minimum absolute atomic E-state index is 0.0187. The highest BCUT2D eigenvalue weighted by Gasteiger charge is 2.22. The van der Waals surface area contributed by atoms with E-state index in [-0.39, 0.29) is 11.9 Å². The smallest absolute Gasteiger partial charge is 0.256 e. The Labute approximate surface area is 133 Å². The summed E-state index contributed by atoms with van der Waals surface area (Å²) in [5.41, 5.74) is 1.82. The van der Waals surface area contributed by atoms with E-state index in [1.54, 1.807) is 4.90 Å². The average molecular weight is 403 g/mol. The Balaban J connectivity index is 2.22. The molecule has 0 aliphatic rings. The third kappa shape index (κ3) is 3.27. The van der Waals surface area contributed by atoms with Crippen LogP contribution in [-0.2, 0) is 0 Å². The van der Waals surface area contributed by atoms with E-state index in [1.165, 1.54) is 11.3 Å². The summed E-state index contributed by atoms with van der Waals surface area (Å²) >= 11 is 8.34. The molecule has 1 heterocycles. The molecule has 2 rings (SSSR count). The monoisotopic (exact) mass is 401 g/mol. The van der Waals surface area contributed by atoms with E-state index in [2.05, 4.69) is 31.9 Å². The number of hydrogen-bond donors (Lipinski definition) is 0. The van der Waals surface area contributed by atoms with Gasteiger partial charge in [0, 0.05) is 7.05 Å². The third-order valence-corrected chi connectivity index (χ3v) is 5.41. The van der Waals surface area contributed by atoms with Gasteiger partial charge in [-0.2, -0.15) is 0 Å². The van der Waals surface area contributed by atoms with Gasteiger partial charge in [0.2, 0.25) is 0 Å². The van der Waals surface area contributed by atoms with Crippen molar-refractivity contribution in [3.05, 3.63) is 55.1 Å². The summed E-state index contributed by atoms with van der Waals surface area (Å²) in [6.45, 7) is 2.03. The maximum Gasteiger partial charge on any atom is 0.256 e. The Kier molecular flexibility index (Phi) is 4.81. The predicted octanol–water partition coefficient (Wildman–Crippen LogP) is 5.11. The van der Waals surface area contributed by atoms with Gasteiger partial charge in [-0.25, -0.2) is 0 Å². The molecule has 1 aromatic heterocycles. The van der Waals surface area contributed by atoms with Crippen LogP contribution in [0.2, 0.25) is 0 Å². The standard InChI is InChI=1S/C14H13Br2NOS/c1-9(10-6-4-3-5-7-10)17(2)14(18)11-8-12(15)19-13(11)16/h3-9H,1-2H3. The maximum atomic E-state index is 12.5. The van der Waals surface area contributed by atoms with E-state index >= 15 is 0 Å². The lowest BCUT2D eigenvalue weighted by atomic mass is 10.1. The van der Waals surface area contributed by atoms with Crippen molar-refractivity contribution in [1.29, 1.82) is 0 Å². The number of carbonyl (C=O) groups excluding carboxylic acids is 1. The number of carbonyl (C=O) groups is 1. The number of nitrogens with zero attached hydrogens (tertiary/aromatic N) is 1. The molecule has 0 aliphatic heterocycles. The van der Waals surface area contributed by atoms with Crippen LogP contribution in [0.15, 0.2) is 44.0 Å². The second kappa shape index (κ2) is 6.20. The topological polar surface area (TPSA) is 20.3 Å². The number of amides is 1. The van der Waals surface area contributed by atoms with E-state index in [1.807, 2.05) is 50.4 Å². The first-order valence-corrected chi connectivity index (χ1v) is 8.18. The molecule has 0 spiro atoms. The van der Waals surface area contributed by atoms with Crippen molar-refractivity contribution in [2.45, 2.75) is 13.0 Å². The summed E-state index contributed by atoms with van der Waals surface area (Å²) in [5.74, 6) is 0.0187. The van der Waals surface area contributed by atoms with E-state index in [4.69, 9.17) is 0 Å². The van der Waals surface area contributed by atoms with Gasteiger partial charge in [-0.3, -0.25) is 4.79 Å². The first kappa shape index (κ1) is 14.8. The van der Waals surface area contributed by atoms with Gasteiger partial charge in [0.15, 0.2) is 0 Å². The molecule has 0 N–H and O–H groups in total. The Morgan fingerprint density at radius 3 is 2.42 bits per heavy atom. The van der Waals surface area contributed by atoms with Gasteiger partial charge in [0.25, 0.3) is 5.91 Å². The quantitative estimate of drug-likeness (QED) is 0.698. The van der Waals surface area contributed by atoms with Crippen LogP contribution in [0.5, 0.6) is 0 Å². The van der Waals surface area contributed by atoms with Crippen LogP contribution in [-0.4, -0.2) is 17.9 Å². The van der Waals surface area contributed by atoms with E-state index in [9.17, 15) is 4.79 Å². The summed E-state index contributed by atoms with van der Waals surface area (Å²) in [7, 11) is 1.83. The van der Waals surface area contributed by atoms with Crippen molar-refractivity contribution < 1.29 is 4.79 Å². The molecule has 0 aliphatic carbocycles. The summed E-state index contributed by atoms with van der Waals surface area (Å²) in [4.78, 5) is 14.2. The van der Waals surface area contributed by atoms with Crippen molar-refractivity contribution in [3.63, 3.8) is 0 Å². The zero-order chi connectivity index (χ0) is 14.0. The number of thiophene rings is 1. The minimum atomic E-state index is 0.0187. The fourth-order valence-corrected chi connectivity index (χ4v) is 4.58. The molecule has 0 fully saturated rings. The summed E-state index contributed by atoms with van der Waals surface area (Å²) in [6, 6.07) is 11.9. The van der Waals surface area contributed by atoms with E-state index < -0.39 is 0 Å². The number of rotatable bonds is 3. The summed E-state index contributed by atoms with van der Waals surface area (Å²) < 4.78 is 1.81. The highest BCUT2D eigenvalue weighted by Crippen LogP contribution is 2.33. The second-order valence-electron chi connectivity index (χ2n) is 4.24. The van der Waals surface area contributed by atoms with Crippen molar-refractivity contribution in [2.75, 3.05) is 7.05 Å². The molecule has 2 nitrogen and oxygen atoms in total. The average Bonchev–Trinajstić information content (AvgIpc) is 2.76. The highest BCUT2D eigenvalue weighted by atomic mass is 79.9. The molecule has 0 radical (unpaired) electrons. The first-order chi connectivity index (χ1) is 9.00. The zero-order valence-electron chi connectivity index (χ0n) is 10.6. The molecule has 0 bridgehead atoms. The van der Waals surface area contributed by atoms with Gasteiger partial charge in [-0.15, -0.1) is 11.3 Å². The fourth-order valence-electron chi connectivity index (χ4n) is 1.81. The van der Waals surface area contributed by atoms with E-state index in [0.717, 1.165) is 13.1 Å². The second-order valence-corrected chi connectivity index (χ2v) is 7.99. The van der Waals surface area contributed by atoms with Crippen LogP contribution in [0, 0.1) is 0 Å². The van der Waals surface area contributed by atoms with Gasteiger partial charge >= 0.3 is 0 Å². The molecule has 1 atom stereocenters. The lowest BCUT2D eigenvalue weighted by Crippen LogP contribution is -2.29. The number of halogens is 2. The summed E-state index contributed by atoms with van der Waals surface area (Å²) in [6.07, 6.45) is 0. The van der Waals surface area contributed by atoms with Gasteiger partial charge in [0.05, 0.1) is 19.2 Å². The van der Waals surface area contributed by atoms with Crippen LogP contribution in [0.1, 0.15) is 28.9 Å². The van der Waals surface area contributed by atoms with Gasteiger partial charge in [0.1, 0.15) is 0 Å². The molecule has 2 aromatic rings. The van der Waals surface area contributed by atoms with Crippen molar-refractivity contribution in [1.82, 2.24) is 4.90 Å². The zero-order valence-corrected chi connectivity index (χ0v) is 14.5. The largest absolute Gasteiger partial charge is 0.335 e. The normalized spacial score (nSPS) is 12.2. The lowest BCUT2D eigenvalue weighted by molar-refractivity contribution is 0.0742. The molecule has 1 amide bonds. The minimum Gasteiger partial charge on any atom is -0.335 e. The molecule has 19 heavy (non-hydrogen) atoms. The fraction of sp³-hybridized carbons (Fsp3) is 0.214. The summed E-state index contributed by atoms with van der Waals surface area (Å²) in [5, 5.41) is 0. The van der Waals surface area contributed by atoms with Crippen LogP contribution >= 0.6 is 43.2 Å². The van der Waals surface area contributed by atoms with Crippen LogP contribution in [0.3, 0.4) is 0 Å².